The van der Waals surface area contributed by atoms with Crippen molar-refractivity contribution in [1.82, 2.24) is 4.98 Å². The van der Waals surface area contributed by atoms with Crippen molar-refractivity contribution in [2.75, 3.05) is 5.73 Å². The molecule has 0 aliphatic rings. The lowest BCUT2D eigenvalue weighted by Crippen LogP contribution is -1.95. The van der Waals surface area contributed by atoms with Crippen molar-refractivity contribution < 1.29 is 0 Å². The minimum Gasteiger partial charge on any atom is -0.383 e. The van der Waals surface area contributed by atoms with Gasteiger partial charge in [-0.3, -0.25) is 0 Å². The van der Waals surface area contributed by atoms with Gasteiger partial charge in [0.25, 0.3) is 0 Å². The Bertz CT molecular complexity index is 518. The quantitative estimate of drug-likeness (QED) is 0.868. The summed E-state index contributed by atoms with van der Waals surface area (Å²) in [7, 11) is 0. The van der Waals surface area contributed by atoms with Crippen molar-refractivity contribution in [3.8, 4) is 11.1 Å². The number of nitrogens with zero attached hydrogens (tertiary/aromatic N) is 1. The fourth-order valence-corrected chi connectivity index (χ4v) is 1.99. The molecule has 0 spiro atoms. The monoisotopic (exact) mass is 226 g/mol. The molecule has 1 aromatic carbocycles. The number of pyridine rings is 1. The molecule has 2 N–H and O–H groups in total. The third-order valence-electron chi connectivity index (χ3n) is 2.83. The summed E-state index contributed by atoms with van der Waals surface area (Å²) >= 11 is 0. The van der Waals surface area contributed by atoms with E-state index in [9.17, 15) is 0 Å². The highest BCUT2D eigenvalue weighted by molar-refractivity contribution is 5.74. The second-order valence-electron chi connectivity index (χ2n) is 4.40. The zero-order valence-corrected chi connectivity index (χ0v) is 10.4. The molecule has 2 nitrogen and oxygen atoms in total. The Labute approximate surface area is 103 Å². The smallest absolute Gasteiger partial charge is 0.131 e. The Balaban J connectivity index is 2.45. The summed E-state index contributed by atoms with van der Waals surface area (Å²) in [6.07, 6.45) is 4.06. The zero-order chi connectivity index (χ0) is 12.3. The Morgan fingerprint density at radius 3 is 2.82 bits per heavy atom. The number of benzene rings is 1. The van der Waals surface area contributed by atoms with Crippen LogP contribution in [0.5, 0.6) is 0 Å². The molecule has 0 saturated carbocycles. The van der Waals surface area contributed by atoms with Gasteiger partial charge >= 0.3 is 0 Å². The Kier molecular flexibility index (Phi) is 3.43. The number of aryl methyl sites for hydroxylation is 2. The third-order valence-corrected chi connectivity index (χ3v) is 2.83. The molecule has 0 unspecified atom stereocenters. The van der Waals surface area contributed by atoms with Gasteiger partial charge in [-0.15, -0.1) is 0 Å². The summed E-state index contributed by atoms with van der Waals surface area (Å²) in [4.78, 5) is 4.21. The van der Waals surface area contributed by atoms with E-state index in [0.29, 0.717) is 5.82 Å². The van der Waals surface area contributed by atoms with Gasteiger partial charge in [-0.05, 0) is 36.1 Å². The SMILES string of the molecule is CCCc1cccc(-c2cc(C)cnc2N)c1. The van der Waals surface area contributed by atoms with Gasteiger partial charge in [-0.2, -0.15) is 0 Å². The van der Waals surface area contributed by atoms with Gasteiger partial charge in [-0.25, -0.2) is 4.98 Å². The maximum atomic E-state index is 5.93. The fourth-order valence-electron chi connectivity index (χ4n) is 1.99. The first kappa shape index (κ1) is 11.6. The van der Waals surface area contributed by atoms with Gasteiger partial charge in [0.1, 0.15) is 5.82 Å². The summed E-state index contributed by atoms with van der Waals surface area (Å²) in [6, 6.07) is 10.6. The molecule has 0 amide bonds. The van der Waals surface area contributed by atoms with Crippen molar-refractivity contribution >= 4 is 5.82 Å². The minimum absolute atomic E-state index is 0.601. The molecule has 0 saturated heterocycles. The zero-order valence-electron chi connectivity index (χ0n) is 10.4. The van der Waals surface area contributed by atoms with Crippen molar-refractivity contribution in [1.29, 1.82) is 0 Å². The van der Waals surface area contributed by atoms with E-state index < -0.39 is 0 Å². The molecule has 0 aliphatic carbocycles. The van der Waals surface area contributed by atoms with Crippen LogP contribution in [0.2, 0.25) is 0 Å². The van der Waals surface area contributed by atoms with Crippen molar-refractivity contribution in [2.45, 2.75) is 26.7 Å². The van der Waals surface area contributed by atoms with Crippen LogP contribution in [0.3, 0.4) is 0 Å². The number of rotatable bonds is 3. The van der Waals surface area contributed by atoms with Crippen LogP contribution in [0, 0.1) is 6.92 Å². The predicted molar refractivity (Wildman–Crippen MR) is 72.8 cm³/mol. The van der Waals surface area contributed by atoms with Gasteiger partial charge in [-0.1, -0.05) is 37.6 Å². The van der Waals surface area contributed by atoms with Gasteiger partial charge in [0.05, 0.1) is 0 Å². The molecule has 2 aromatic rings. The fraction of sp³-hybridized carbons (Fsp3) is 0.267. The Hall–Kier alpha value is -1.83. The third kappa shape index (κ3) is 2.64. The largest absolute Gasteiger partial charge is 0.383 e. The van der Waals surface area contributed by atoms with E-state index in [-0.39, 0.29) is 0 Å². The summed E-state index contributed by atoms with van der Waals surface area (Å²) in [5.41, 5.74) is 10.6. The van der Waals surface area contributed by atoms with Crippen molar-refractivity contribution in [3.63, 3.8) is 0 Å². The van der Waals surface area contributed by atoms with E-state index in [1.54, 1.807) is 6.20 Å². The molecule has 2 heteroatoms. The summed E-state index contributed by atoms with van der Waals surface area (Å²) in [5, 5.41) is 0. The van der Waals surface area contributed by atoms with Crippen LogP contribution < -0.4 is 5.73 Å². The molecule has 2 rings (SSSR count). The van der Waals surface area contributed by atoms with Crippen LogP contribution in [-0.4, -0.2) is 4.98 Å². The minimum atomic E-state index is 0.601. The number of aromatic nitrogens is 1. The van der Waals surface area contributed by atoms with Crippen molar-refractivity contribution in [3.05, 3.63) is 47.7 Å². The molecule has 0 atom stereocenters. The lowest BCUT2D eigenvalue weighted by molar-refractivity contribution is 0.922. The molecular formula is C15H18N2. The summed E-state index contributed by atoms with van der Waals surface area (Å²) < 4.78 is 0. The van der Waals surface area contributed by atoms with E-state index >= 15 is 0 Å². The number of anilines is 1. The average molecular weight is 226 g/mol. The van der Waals surface area contributed by atoms with E-state index in [1.807, 2.05) is 6.92 Å². The average Bonchev–Trinajstić information content (AvgIpc) is 2.33. The van der Waals surface area contributed by atoms with E-state index in [4.69, 9.17) is 5.73 Å². The molecule has 0 aliphatic heterocycles. The molecular weight excluding hydrogens is 208 g/mol. The normalized spacial score (nSPS) is 10.5. The van der Waals surface area contributed by atoms with Crippen LogP contribution in [0.1, 0.15) is 24.5 Å². The van der Waals surface area contributed by atoms with Gasteiger partial charge < -0.3 is 5.73 Å². The second-order valence-corrected chi connectivity index (χ2v) is 4.40. The van der Waals surface area contributed by atoms with E-state index in [1.165, 1.54) is 5.56 Å². The highest BCUT2D eigenvalue weighted by Crippen LogP contribution is 2.26. The maximum Gasteiger partial charge on any atom is 0.131 e. The van der Waals surface area contributed by atoms with Crippen LogP contribution in [0.15, 0.2) is 36.5 Å². The molecule has 0 radical (unpaired) electrons. The van der Waals surface area contributed by atoms with Crippen LogP contribution >= 0.6 is 0 Å². The molecule has 0 fully saturated rings. The first-order valence-electron chi connectivity index (χ1n) is 6.02. The van der Waals surface area contributed by atoms with Gasteiger partial charge in [0, 0.05) is 11.8 Å². The summed E-state index contributed by atoms with van der Waals surface area (Å²) in [6.45, 7) is 4.22. The lowest BCUT2D eigenvalue weighted by atomic mass is 10.0. The Morgan fingerprint density at radius 2 is 2.06 bits per heavy atom. The van der Waals surface area contributed by atoms with Gasteiger partial charge in [0.15, 0.2) is 0 Å². The maximum absolute atomic E-state index is 5.93. The van der Waals surface area contributed by atoms with Crippen molar-refractivity contribution in [2.24, 2.45) is 0 Å². The van der Waals surface area contributed by atoms with E-state index in [0.717, 1.165) is 29.5 Å². The van der Waals surface area contributed by atoms with Crippen LogP contribution in [-0.2, 0) is 6.42 Å². The second kappa shape index (κ2) is 5.00. The number of nitrogen functional groups attached to an aromatic ring is 1. The first-order chi connectivity index (χ1) is 8.20. The summed E-state index contributed by atoms with van der Waals surface area (Å²) in [5.74, 6) is 0.601. The number of hydrogen-bond acceptors (Lipinski definition) is 2. The van der Waals surface area contributed by atoms with Crippen LogP contribution in [0.25, 0.3) is 11.1 Å². The number of hydrogen-bond donors (Lipinski definition) is 1. The highest BCUT2D eigenvalue weighted by Gasteiger charge is 2.04. The topological polar surface area (TPSA) is 38.9 Å². The molecule has 17 heavy (non-hydrogen) atoms. The lowest BCUT2D eigenvalue weighted by Gasteiger charge is -2.08. The number of nitrogens with two attached hydrogens (primary N) is 1. The Morgan fingerprint density at radius 1 is 1.24 bits per heavy atom. The van der Waals surface area contributed by atoms with Crippen LogP contribution in [0.4, 0.5) is 5.82 Å². The highest BCUT2D eigenvalue weighted by atomic mass is 14.8. The molecule has 1 aromatic heterocycles. The molecule has 1 heterocycles. The molecule has 0 bridgehead atoms. The van der Waals surface area contributed by atoms with Gasteiger partial charge in [0.2, 0.25) is 0 Å². The first-order valence-corrected chi connectivity index (χ1v) is 6.02. The molecule has 88 valence electrons. The van der Waals surface area contributed by atoms with E-state index in [2.05, 4.69) is 42.2 Å². The standard InChI is InChI=1S/C15H18N2/c1-3-5-12-6-4-7-13(9-12)14-8-11(2)10-17-15(14)16/h4,6-10H,3,5H2,1-2H3,(H2,16,17). The predicted octanol–water partition coefficient (Wildman–Crippen LogP) is 3.59.